The third-order valence-corrected chi connectivity index (χ3v) is 3.67. The molecule has 0 aromatic rings. The van der Waals surface area contributed by atoms with E-state index in [1.165, 1.54) is 19.3 Å². The molecule has 0 radical (unpaired) electrons. The first-order valence-electron chi connectivity index (χ1n) is 7.31. The van der Waals surface area contributed by atoms with E-state index < -0.39 is 24.4 Å². The van der Waals surface area contributed by atoms with Crippen LogP contribution in [0.15, 0.2) is 0 Å². The van der Waals surface area contributed by atoms with Crippen molar-refractivity contribution in [1.82, 2.24) is 0 Å². The van der Waals surface area contributed by atoms with Crippen LogP contribution in [0.3, 0.4) is 0 Å². The van der Waals surface area contributed by atoms with Crippen LogP contribution in [-0.2, 0) is 4.74 Å². The molecule has 4 heteroatoms. The van der Waals surface area contributed by atoms with Crippen molar-refractivity contribution in [2.45, 2.75) is 82.7 Å². The first-order chi connectivity index (χ1) is 8.65. The van der Waals surface area contributed by atoms with Gasteiger partial charge in [-0.2, -0.15) is 0 Å². The summed E-state index contributed by atoms with van der Waals surface area (Å²) in [5.41, 5.74) is 0. The van der Waals surface area contributed by atoms with Crippen molar-refractivity contribution in [2.24, 2.45) is 0 Å². The van der Waals surface area contributed by atoms with Gasteiger partial charge in [0.1, 0.15) is 6.10 Å². The van der Waals surface area contributed by atoms with Gasteiger partial charge in [0, 0.05) is 13.0 Å². The lowest BCUT2D eigenvalue weighted by molar-refractivity contribution is -0.145. The average molecular weight is 260 g/mol. The van der Waals surface area contributed by atoms with Crippen molar-refractivity contribution in [3.63, 3.8) is 0 Å². The molecule has 0 saturated carbocycles. The van der Waals surface area contributed by atoms with Crippen molar-refractivity contribution in [1.29, 1.82) is 0 Å². The van der Waals surface area contributed by atoms with Crippen molar-refractivity contribution >= 4 is 0 Å². The molecule has 1 heterocycles. The van der Waals surface area contributed by atoms with Crippen LogP contribution in [0, 0.1) is 0 Å². The van der Waals surface area contributed by atoms with Crippen LogP contribution in [0.5, 0.6) is 0 Å². The first-order valence-corrected chi connectivity index (χ1v) is 7.31. The van der Waals surface area contributed by atoms with Gasteiger partial charge in [-0.3, -0.25) is 0 Å². The lowest BCUT2D eigenvalue weighted by Crippen LogP contribution is -2.45. The molecule has 108 valence electrons. The van der Waals surface area contributed by atoms with E-state index in [2.05, 4.69) is 6.92 Å². The van der Waals surface area contributed by atoms with E-state index in [4.69, 9.17) is 4.74 Å². The molecule has 0 spiro atoms. The van der Waals surface area contributed by atoms with Crippen LogP contribution in [0.1, 0.15) is 58.3 Å². The van der Waals surface area contributed by atoms with Gasteiger partial charge in [0.05, 0.1) is 18.3 Å². The number of hydrogen-bond acceptors (Lipinski definition) is 4. The molecule has 4 nitrogen and oxygen atoms in total. The minimum atomic E-state index is -0.853. The van der Waals surface area contributed by atoms with E-state index in [0.29, 0.717) is 19.4 Å². The molecule has 0 aromatic carbocycles. The lowest BCUT2D eigenvalue weighted by Gasteiger charge is -2.33. The van der Waals surface area contributed by atoms with Gasteiger partial charge in [0.25, 0.3) is 0 Å². The minimum absolute atomic E-state index is 0.417. The Balaban J connectivity index is 2.13. The number of aliphatic hydroxyl groups excluding tert-OH is 3. The Morgan fingerprint density at radius 2 is 1.89 bits per heavy atom. The second-order valence-electron chi connectivity index (χ2n) is 5.35. The fourth-order valence-corrected chi connectivity index (χ4v) is 2.43. The maximum absolute atomic E-state index is 9.89. The van der Waals surface area contributed by atoms with Gasteiger partial charge in [-0.15, -0.1) is 0 Å². The summed E-state index contributed by atoms with van der Waals surface area (Å²) in [6.45, 7) is 2.65. The highest BCUT2D eigenvalue weighted by molar-refractivity contribution is 4.82. The van der Waals surface area contributed by atoms with Crippen LogP contribution in [0.2, 0.25) is 0 Å². The van der Waals surface area contributed by atoms with Crippen LogP contribution in [0.4, 0.5) is 0 Å². The van der Waals surface area contributed by atoms with Gasteiger partial charge in [0.15, 0.2) is 0 Å². The Labute approximate surface area is 110 Å². The fraction of sp³-hybridized carbons (Fsp3) is 1.00. The summed E-state index contributed by atoms with van der Waals surface area (Å²) < 4.78 is 5.41. The fourth-order valence-electron chi connectivity index (χ4n) is 2.43. The molecular formula is C14H28O4. The molecule has 0 amide bonds. The van der Waals surface area contributed by atoms with Crippen molar-refractivity contribution < 1.29 is 20.1 Å². The zero-order valence-electron chi connectivity index (χ0n) is 11.4. The Morgan fingerprint density at radius 3 is 2.61 bits per heavy atom. The summed E-state index contributed by atoms with van der Waals surface area (Å²) in [6, 6.07) is 0. The van der Waals surface area contributed by atoms with Crippen molar-refractivity contribution in [2.75, 3.05) is 6.61 Å². The number of rotatable bonds is 8. The number of unbranched alkanes of at least 4 members (excludes halogenated alkanes) is 4. The molecular weight excluding hydrogens is 232 g/mol. The third-order valence-electron chi connectivity index (χ3n) is 3.67. The van der Waals surface area contributed by atoms with Gasteiger partial charge >= 0.3 is 0 Å². The van der Waals surface area contributed by atoms with Crippen LogP contribution in [0.25, 0.3) is 0 Å². The predicted molar refractivity (Wildman–Crippen MR) is 70.4 cm³/mol. The summed E-state index contributed by atoms with van der Waals surface area (Å²) in [5, 5.41) is 29.2. The SMILES string of the molecule is CCCCCCC[C@H](O)C[C@@H]1OCC[C@H](O)[C@H]1O. The molecule has 1 saturated heterocycles. The monoisotopic (exact) mass is 260 g/mol. The molecule has 0 bridgehead atoms. The quantitative estimate of drug-likeness (QED) is 0.580. The van der Waals surface area contributed by atoms with Gasteiger partial charge in [-0.05, 0) is 12.8 Å². The zero-order chi connectivity index (χ0) is 13.4. The number of ether oxygens (including phenoxy) is 1. The van der Waals surface area contributed by atoms with Crippen LogP contribution in [-0.4, -0.2) is 46.3 Å². The van der Waals surface area contributed by atoms with Gasteiger partial charge in [0.2, 0.25) is 0 Å². The molecule has 0 unspecified atom stereocenters. The standard InChI is InChI=1S/C14H28O4/c1-2-3-4-5-6-7-11(15)10-13-14(17)12(16)8-9-18-13/h11-17H,2-10H2,1H3/t11-,12-,13-,14+/m0/s1. The topological polar surface area (TPSA) is 69.9 Å². The Kier molecular flexibility index (Phi) is 7.82. The van der Waals surface area contributed by atoms with E-state index in [1.807, 2.05) is 0 Å². The maximum atomic E-state index is 9.89. The Hall–Kier alpha value is -0.160. The predicted octanol–water partition coefficient (Wildman–Crippen LogP) is 1.61. The highest BCUT2D eigenvalue weighted by atomic mass is 16.5. The maximum Gasteiger partial charge on any atom is 0.106 e. The Morgan fingerprint density at radius 1 is 1.17 bits per heavy atom. The number of aliphatic hydroxyl groups is 3. The van der Waals surface area contributed by atoms with Crippen molar-refractivity contribution in [3.05, 3.63) is 0 Å². The van der Waals surface area contributed by atoms with Gasteiger partial charge < -0.3 is 20.1 Å². The molecule has 3 N–H and O–H groups in total. The van der Waals surface area contributed by atoms with Gasteiger partial charge in [-0.1, -0.05) is 39.0 Å². The van der Waals surface area contributed by atoms with E-state index >= 15 is 0 Å². The molecule has 18 heavy (non-hydrogen) atoms. The summed E-state index contributed by atoms with van der Waals surface area (Å²) in [6.07, 6.45) is 5.13. The lowest BCUT2D eigenvalue weighted by atomic mass is 9.95. The smallest absolute Gasteiger partial charge is 0.106 e. The molecule has 0 aliphatic carbocycles. The second kappa shape index (κ2) is 8.86. The molecule has 1 aliphatic rings. The second-order valence-corrected chi connectivity index (χ2v) is 5.35. The minimum Gasteiger partial charge on any atom is -0.393 e. The Bertz CT molecular complexity index is 210. The molecule has 4 atom stereocenters. The van der Waals surface area contributed by atoms with Crippen molar-refractivity contribution in [3.8, 4) is 0 Å². The molecule has 0 aromatic heterocycles. The van der Waals surface area contributed by atoms with E-state index in [0.717, 1.165) is 19.3 Å². The summed E-state index contributed by atoms with van der Waals surface area (Å²) in [5.74, 6) is 0. The summed E-state index contributed by atoms with van der Waals surface area (Å²) >= 11 is 0. The highest BCUT2D eigenvalue weighted by Crippen LogP contribution is 2.20. The normalized spacial score (nSPS) is 30.3. The average Bonchev–Trinajstić information content (AvgIpc) is 2.35. The van der Waals surface area contributed by atoms with E-state index in [9.17, 15) is 15.3 Å². The molecule has 1 aliphatic heterocycles. The molecule has 1 rings (SSSR count). The first kappa shape index (κ1) is 15.9. The van der Waals surface area contributed by atoms with E-state index in [1.54, 1.807) is 0 Å². The summed E-state index contributed by atoms with van der Waals surface area (Å²) in [4.78, 5) is 0. The largest absolute Gasteiger partial charge is 0.393 e. The summed E-state index contributed by atoms with van der Waals surface area (Å²) in [7, 11) is 0. The van der Waals surface area contributed by atoms with Gasteiger partial charge in [-0.25, -0.2) is 0 Å². The zero-order valence-corrected chi connectivity index (χ0v) is 11.4. The number of hydrogen-bond donors (Lipinski definition) is 3. The third kappa shape index (κ3) is 5.65. The van der Waals surface area contributed by atoms with E-state index in [-0.39, 0.29) is 0 Å². The van der Waals surface area contributed by atoms with Crippen LogP contribution >= 0.6 is 0 Å². The van der Waals surface area contributed by atoms with Crippen LogP contribution < -0.4 is 0 Å². The highest BCUT2D eigenvalue weighted by Gasteiger charge is 2.32. The molecule has 1 fully saturated rings.